The zero-order chi connectivity index (χ0) is 14.7. The molecule has 0 radical (unpaired) electrons. The Bertz CT molecular complexity index is 593. The van der Waals surface area contributed by atoms with Gasteiger partial charge in [-0.3, -0.25) is 4.98 Å². The summed E-state index contributed by atoms with van der Waals surface area (Å²) >= 11 is 0. The van der Waals surface area contributed by atoms with Crippen LogP contribution in [0.25, 0.3) is 10.8 Å². The molecule has 1 fully saturated rings. The average molecular weight is 284 g/mol. The lowest BCUT2D eigenvalue weighted by atomic mass is 9.94. The SMILES string of the molecule is CCCNC(c1cccc2ccncc12)C1CCC(C)O1. The van der Waals surface area contributed by atoms with Crippen molar-refractivity contribution < 1.29 is 4.74 Å². The number of rotatable bonds is 5. The smallest absolute Gasteiger partial charge is 0.0774 e. The second-order valence-electron chi connectivity index (χ2n) is 5.94. The Hall–Kier alpha value is -1.45. The number of hydrogen-bond donors (Lipinski definition) is 1. The standard InChI is InChI=1S/C18H24N2O/c1-3-10-20-18(17-8-7-13(2)21-17)15-6-4-5-14-9-11-19-12-16(14)15/h4-6,9,11-13,17-18,20H,3,7-8,10H2,1-2H3. The van der Waals surface area contributed by atoms with E-state index in [1.165, 1.54) is 16.3 Å². The summed E-state index contributed by atoms with van der Waals surface area (Å²) in [5, 5.41) is 6.17. The van der Waals surface area contributed by atoms with Crippen molar-refractivity contribution in [1.29, 1.82) is 0 Å². The molecule has 112 valence electrons. The number of nitrogens with one attached hydrogen (secondary N) is 1. The van der Waals surface area contributed by atoms with Crippen LogP contribution < -0.4 is 5.32 Å². The molecule has 3 unspecified atom stereocenters. The van der Waals surface area contributed by atoms with Crippen LogP contribution in [0.15, 0.2) is 36.7 Å². The van der Waals surface area contributed by atoms with Crippen molar-refractivity contribution in [1.82, 2.24) is 10.3 Å². The number of pyridine rings is 1. The monoisotopic (exact) mass is 284 g/mol. The number of hydrogen-bond acceptors (Lipinski definition) is 3. The summed E-state index contributed by atoms with van der Waals surface area (Å²) in [5.74, 6) is 0. The van der Waals surface area contributed by atoms with E-state index in [4.69, 9.17) is 4.74 Å². The molecular weight excluding hydrogens is 260 g/mol. The molecule has 3 nitrogen and oxygen atoms in total. The highest BCUT2D eigenvalue weighted by molar-refractivity contribution is 5.85. The zero-order valence-electron chi connectivity index (χ0n) is 12.9. The number of benzene rings is 1. The minimum atomic E-state index is 0.253. The third-order valence-corrected chi connectivity index (χ3v) is 4.30. The van der Waals surface area contributed by atoms with Gasteiger partial charge in [-0.25, -0.2) is 0 Å². The van der Waals surface area contributed by atoms with Crippen LogP contribution in [-0.2, 0) is 4.74 Å². The minimum absolute atomic E-state index is 0.253. The van der Waals surface area contributed by atoms with Gasteiger partial charge in [-0.2, -0.15) is 0 Å². The molecule has 0 amide bonds. The molecule has 1 aromatic carbocycles. The van der Waals surface area contributed by atoms with Gasteiger partial charge in [0.15, 0.2) is 0 Å². The third kappa shape index (κ3) is 3.09. The van der Waals surface area contributed by atoms with Crippen molar-refractivity contribution in [3.8, 4) is 0 Å². The van der Waals surface area contributed by atoms with E-state index in [-0.39, 0.29) is 12.1 Å². The van der Waals surface area contributed by atoms with Gasteiger partial charge in [0.25, 0.3) is 0 Å². The van der Waals surface area contributed by atoms with Crippen LogP contribution in [0.3, 0.4) is 0 Å². The largest absolute Gasteiger partial charge is 0.373 e. The third-order valence-electron chi connectivity index (χ3n) is 4.30. The van der Waals surface area contributed by atoms with Crippen molar-refractivity contribution in [2.24, 2.45) is 0 Å². The van der Waals surface area contributed by atoms with Crippen LogP contribution in [0.1, 0.15) is 44.7 Å². The van der Waals surface area contributed by atoms with E-state index in [1.54, 1.807) is 0 Å². The van der Waals surface area contributed by atoms with Gasteiger partial charge in [0.2, 0.25) is 0 Å². The fourth-order valence-corrected chi connectivity index (χ4v) is 3.23. The van der Waals surface area contributed by atoms with Crippen LogP contribution in [0.2, 0.25) is 0 Å². The van der Waals surface area contributed by atoms with E-state index >= 15 is 0 Å². The molecule has 0 spiro atoms. The molecule has 21 heavy (non-hydrogen) atoms. The van der Waals surface area contributed by atoms with E-state index in [9.17, 15) is 0 Å². The minimum Gasteiger partial charge on any atom is -0.373 e. The normalized spacial score (nSPS) is 23.5. The topological polar surface area (TPSA) is 34.2 Å². The van der Waals surface area contributed by atoms with Crippen molar-refractivity contribution >= 4 is 10.8 Å². The summed E-state index contributed by atoms with van der Waals surface area (Å²) in [5.41, 5.74) is 1.31. The first kappa shape index (κ1) is 14.5. The lowest BCUT2D eigenvalue weighted by Gasteiger charge is -2.26. The lowest BCUT2D eigenvalue weighted by Crippen LogP contribution is -2.32. The maximum atomic E-state index is 6.14. The highest BCUT2D eigenvalue weighted by atomic mass is 16.5. The predicted octanol–water partition coefficient (Wildman–Crippen LogP) is 3.84. The Morgan fingerprint density at radius 3 is 3.00 bits per heavy atom. The molecule has 3 rings (SSSR count). The molecule has 2 heterocycles. The Labute approximate surface area is 126 Å². The number of fused-ring (bicyclic) bond motifs is 1. The average Bonchev–Trinajstić information content (AvgIpc) is 2.94. The van der Waals surface area contributed by atoms with Crippen LogP contribution >= 0.6 is 0 Å². The first-order valence-corrected chi connectivity index (χ1v) is 8.01. The molecule has 0 bridgehead atoms. The highest BCUT2D eigenvalue weighted by Crippen LogP contribution is 2.33. The highest BCUT2D eigenvalue weighted by Gasteiger charge is 2.31. The fraction of sp³-hybridized carbons (Fsp3) is 0.500. The number of nitrogens with zero attached hydrogens (tertiary/aromatic N) is 1. The lowest BCUT2D eigenvalue weighted by molar-refractivity contribution is 0.0319. The first-order chi connectivity index (χ1) is 10.3. The van der Waals surface area contributed by atoms with Crippen LogP contribution in [0.5, 0.6) is 0 Å². The molecule has 3 atom stereocenters. The quantitative estimate of drug-likeness (QED) is 0.905. The second-order valence-corrected chi connectivity index (χ2v) is 5.94. The summed E-state index contributed by atoms with van der Waals surface area (Å²) in [7, 11) is 0. The van der Waals surface area contributed by atoms with E-state index < -0.39 is 0 Å². The van der Waals surface area contributed by atoms with Crippen LogP contribution in [-0.4, -0.2) is 23.7 Å². The Kier molecular flexibility index (Phi) is 4.51. The molecule has 1 aromatic heterocycles. The Morgan fingerprint density at radius 2 is 2.24 bits per heavy atom. The number of ether oxygens (including phenoxy) is 1. The first-order valence-electron chi connectivity index (χ1n) is 8.01. The van der Waals surface area contributed by atoms with E-state index in [2.05, 4.69) is 48.4 Å². The molecule has 1 saturated heterocycles. The Morgan fingerprint density at radius 1 is 1.33 bits per heavy atom. The van der Waals surface area contributed by atoms with Gasteiger partial charge in [0.05, 0.1) is 18.2 Å². The predicted molar refractivity (Wildman–Crippen MR) is 86.3 cm³/mol. The fourth-order valence-electron chi connectivity index (χ4n) is 3.23. The summed E-state index contributed by atoms with van der Waals surface area (Å²) in [6.45, 7) is 5.38. The maximum Gasteiger partial charge on any atom is 0.0774 e. The summed E-state index contributed by atoms with van der Waals surface area (Å²) < 4.78 is 6.14. The van der Waals surface area contributed by atoms with E-state index in [1.807, 2.05) is 12.4 Å². The van der Waals surface area contributed by atoms with Crippen molar-refractivity contribution in [2.45, 2.75) is 51.4 Å². The summed E-state index contributed by atoms with van der Waals surface area (Å²) in [6, 6.07) is 8.83. The summed E-state index contributed by atoms with van der Waals surface area (Å²) in [4.78, 5) is 4.31. The van der Waals surface area contributed by atoms with Gasteiger partial charge < -0.3 is 10.1 Å². The molecular formula is C18H24N2O. The molecule has 2 aromatic rings. The van der Waals surface area contributed by atoms with Crippen molar-refractivity contribution in [3.63, 3.8) is 0 Å². The van der Waals surface area contributed by atoms with Crippen molar-refractivity contribution in [3.05, 3.63) is 42.2 Å². The van der Waals surface area contributed by atoms with Gasteiger partial charge >= 0.3 is 0 Å². The van der Waals surface area contributed by atoms with E-state index in [0.717, 1.165) is 25.8 Å². The van der Waals surface area contributed by atoms with Gasteiger partial charge in [-0.1, -0.05) is 25.1 Å². The molecule has 0 saturated carbocycles. The molecule has 3 heteroatoms. The van der Waals surface area contributed by atoms with Gasteiger partial charge in [-0.05, 0) is 49.7 Å². The molecule has 1 aliphatic heterocycles. The summed E-state index contributed by atoms with van der Waals surface area (Å²) in [6.07, 6.45) is 7.86. The van der Waals surface area contributed by atoms with E-state index in [0.29, 0.717) is 6.10 Å². The molecule has 1 aliphatic rings. The zero-order valence-corrected chi connectivity index (χ0v) is 12.9. The maximum absolute atomic E-state index is 6.14. The van der Waals surface area contributed by atoms with Crippen LogP contribution in [0.4, 0.5) is 0 Å². The second kappa shape index (κ2) is 6.54. The number of aromatic nitrogens is 1. The van der Waals surface area contributed by atoms with Gasteiger partial charge in [-0.15, -0.1) is 0 Å². The van der Waals surface area contributed by atoms with Crippen LogP contribution in [0, 0.1) is 0 Å². The molecule has 0 aliphatic carbocycles. The van der Waals surface area contributed by atoms with Gasteiger partial charge in [0, 0.05) is 17.8 Å². The Balaban J connectivity index is 1.97. The van der Waals surface area contributed by atoms with Gasteiger partial charge in [0.1, 0.15) is 0 Å². The van der Waals surface area contributed by atoms with Crippen molar-refractivity contribution in [2.75, 3.05) is 6.54 Å². The molecule has 1 N–H and O–H groups in total.